The van der Waals surface area contributed by atoms with E-state index in [9.17, 15) is 13.6 Å². The SMILES string of the molecule is CCCCOc1cc(F)c(CC(C)[C@]23CCC(=O)C[C@H]2OCO3)cc1F. The van der Waals surface area contributed by atoms with E-state index in [0.29, 0.717) is 37.9 Å². The van der Waals surface area contributed by atoms with Gasteiger partial charge >= 0.3 is 0 Å². The number of ether oxygens (including phenoxy) is 3. The van der Waals surface area contributed by atoms with Gasteiger partial charge in [-0.3, -0.25) is 4.79 Å². The molecule has 4 nitrogen and oxygen atoms in total. The van der Waals surface area contributed by atoms with E-state index in [0.717, 1.165) is 18.9 Å². The Kier molecular flexibility index (Phi) is 5.92. The van der Waals surface area contributed by atoms with E-state index in [1.165, 1.54) is 6.07 Å². The van der Waals surface area contributed by atoms with Crippen LogP contribution in [-0.4, -0.2) is 30.9 Å². The standard InChI is InChI=1S/C20H26F2O4/c1-3-4-7-24-18-11-16(21)14(9-17(18)22)8-13(2)20-6-5-15(23)10-19(20)25-12-26-20/h9,11,13,19H,3-8,10,12H2,1-2H3/t13?,19-,20-/m1/s1. The van der Waals surface area contributed by atoms with Crippen LogP contribution in [0.25, 0.3) is 0 Å². The largest absolute Gasteiger partial charge is 0.490 e. The van der Waals surface area contributed by atoms with E-state index in [1.54, 1.807) is 0 Å². The number of ketones is 1. The highest BCUT2D eigenvalue weighted by molar-refractivity contribution is 5.80. The Morgan fingerprint density at radius 2 is 2.15 bits per heavy atom. The molecule has 0 spiro atoms. The predicted octanol–water partition coefficient (Wildman–Crippen LogP) is 4.19. The summed E-state index contributed by atoms with van der Waals surface area (Å²) in [7, 11) is 0. The lowest BCUT2D eigenvalue weighted by atomic mass is 9.72. The van der Waals surface area contributed by atoms with E-state index in [1.807, 2.05) is 13.8 Å². The van der Waals surface area contributed by atoms with Crippen LogP contribution >= 0.6 is 0 Å². The number of carbonyl (C=O) groups excluding carboxylic acids is 1. The molecule has 1 aromatic carbocycles. The molecule has 3 atom stereocenters. The third-order valence-electron chi connectivity index (χ3n) is 5.57. The molecule has 26 heavy (non-hydrogen) atoms. The number of hydrogen-bond donors (Lipinski definition) is 0. The summed E-state index contributed by atoms with van der Waals surface area (Å²) >= 11 is 0. The highest BCUT2D eigenvalue weighted by Gasteiger charge is 2.52. The number of rotatable bonds is 7. The molecule has 1 aliphatic heterocycles. The van der Waals surface area contributed by atoms with Crippen molar-refractivity contribution in [3.63, 3.8) is 0 Å². The Balaban J connectivity index is 1.74. The summed E-state index contributed by atoms with van der Waals surface area (Å²) in [6.07, 6.45) is 3.04. The molecule has 0 radical (unpaired) electrons. The van der Waals surface area contributed by atoms with Crippen molar-refractivity contribution in [2.75, 3.05) is 13.4 Å². The molecule has 2 fully saturated rings. The quantitative estimate of drug-likeness (QED) is 0.677. The molecule has 0 N–H and O–H groups in total. The Morgan fingerprint density at radius 1 is 1.35 bits per heavy atom. The Hall–Kier alpha value is -1.53. The highest BCUT2D eigenvalue weighted by atomic mass is 19.1. The average Bonchev–Trinajstić information content (AvgIpc) is 3.03. The van der Waals surface area contributed by atoms with E-state index >= 15 is 0 Å². The molecule has 1 aliphatic carbocycles. The first kappa shape index (κ1) is 19.2. The Labute approximate surface area is 152 Å². The number of unbranched alkanes of at least 4 members (excludes halogenated alkanes) is 1. The van der Waals surface area contributed by atoms with Crippen molar-refractivity contribution in [2.24, 2.45) is 5.92 Å². The first-order valence-corrected chi connectivity index (χ1v) is 9.34. The van der Waals surface area contributed by atoms with Crippen LogP contribution in [0.4, 0.5) is 8.78 Å². The molecule has 6 heteroatoms. The van der Waals surface area contributed by atoms with Crippen LogP contribution in [0, 0.1) is 17.6 Å². The van der Waals surface area contributed by atoms with Crippen LogP contribution in [-0.2, 0) is 20.7 Å². The minimum absolute atomic E-state index is 0.0490. The molecule has 1 aromatic rings. The van der Waals surface area contributed by atoms with Crippen LogP contribution in [0.1, 0.15) is 51.5 Å². The van der Waals surface area contributed by atoms with Crippen LogP contribution < -0.4 is 4.74 Å². The molecule has 1 heterocycles. The summed E-state index contributed by atoms with van der Waals surface area (Å²) in [5.74, 6) is -1.03. The minimum atomic E-state index is -0.604. The maximum absolute atomic E-state index is 14.5. The molecule has 0 amide bonds. The van der Waals surface area contributed by atoms with Crippen LogP contribution in [0.2, 0.25) is 0 Å². The topological polar surface area (TPSA) is 44.8 Å². The van der Waals surface area contributed by atoms with Crippen LogP contribution in [0.3, 0.4) is 0 Å². The van der Waals surface area contributed by atoms with Crippen LogP contribution in [0.5, 0.6) is 5.75 Å². The number of benzene rings is 1. The maximum Gasteiger partial charge on any atom is 0.165 e. The molecule has 0 bridgehead atoms. The summed E-state index contributed by atoms with van der Waals surface area (Å²) in [5, 5.41) is 0. The van der Waals surface area contributed by atoms with Crippen molar-refractivity contribution in [1.29, 1.82) is 0 Å². The van der Waals surface area contributed by atoms with E-state index < -0.39 is 17.2 Å². The maximum atomic E-state index is 14.5. The fourth-order valence-corrected chi connectivity index (χ4v) is 3.94. The normalized spacial score (nSPS) is 26.6. The van der Waals surface area contributed by atoms with Gasteiger partial charge in [0.2, 0.25) is 0 Å². The zero-order valence-corrected chi connectivity index (χ0v) is 15.4. The van der Waals surface area contributed by atoms with Gasteiger partial charge < -0.3 is 14.2 Å². The number of Topliss-reactive ketones (excluding diaryl/α,β-unsaturated/α-hetero) is 1. The monoisotopic (exact) mass is 368 g/mol. The lowest BCUT2D eigenvalue weighted by molar-refractivity contribution is -0.130. The number of fused-ring (bicyclic) bond motifs is 1. The van der Waals surface area contributed by atoms with Crippen LogP contribution in [0.15, 0.2) is 12.1 Å². The molecular weight excluding hydrogens is 342 g/mol. The van der Waals surface area contributed by atoms with Gasteiger partial charge in [0, 0.05) is 18.9 Å². The summed E-state index contributed by atoms with van der Waals surface area (Å²) in [4.78, 5) is 11.7. The van der Waals surface area contributed by atoms with Gasteiger partial charge in [-0.1, -0.05) is 20.3 Å². The van der Waals surface area contributed by atoms with Gasteiger partial charge in [-0.05, 0) is 36.8 Å². The molecule has 0 aromatic heterocycles. The highest BCUT2D eigenvalue weighted by Crippen LogP contribution is 2.43. The van der Waals surface area contributed by atoms with Crippen molar-refractivity contribution in [1.82, 2.24) is 0 Å². The summed E-state index contributed by atoms with van der Waals surface area (Å²) in [5.41, 5.74) is -0.314. The van der Waals surface area contributed by atoms with Crippen molar-refractivity contribution in [2.45, 2.75) is 64.1 Å². The van der Waals surface area contributed by atoms with Crippen molar-refractivity contribution in [3.8, 4) is 5.75 Å². The molecular formula is C20H26F2O4. The van der Waals surface area contributed by atoms with E-state index in [-0.39, 0.29) is 30.3 Å². The van der Waals surface area contributed by atoms with Gasteiger partial charge in [0.05, 0.1) is 12.7 Å². The lowest BCUT2D eigenvalue weighted by Crippen LogP contribution is -2.50. The second-order valence-electron chi connectivity index (χ2n) is 7.30. The van der Waals surface area contributed by atoms with Crippen molar-refractivity contribution < 1.29 is 27.8 Å². The summed E-state index contributed by atoms with van der Waals surface area (Å²) in [6, 6.07) is 2.33. The molecule has 3 rings (SSSR count). The van der Waals surface area contributed by atoms with Crippen molar-refractivity contribution in [3.05, 3.63) is 29.3 Å². The second kappa shape index (κ2) is 8.01. The fraction of sp³-hybridized carbons (Fsp3) is 0.650. The zero-order valence-electron chi connectivity index (χ0n) is 15.4. The summed E-state index contributed by atoms with van der Waals surface area (Å²) in [6.45, 7) is 4.46. The van der Waals surface area contributed by atoms with Gasteiger partial charge in [0.25, 0.3) is 0 Å². The fourth-order valence-electron chi connectivity index (χ4n) is 3.94. The first-order chi connectivity index (χ1) is 12.5. The molecule has 144 valence electrons. The molecule has 2 aliphatic rings. The predicted molar refractivity (Wildman–Crippen MR) is 92.0 cm³/mol. The van der Waals surface area contributed by atoms with E-state index in [2.05, 4.69) is 0 Å². The van der Waals surface area contributed by atoms with Gasteiger partial charge in [-0.25, -0.2) is 8.78 Å². The van der Waals surface area contributed by atoms with Gasteiger partial charge in [0.15, 0.2) is 11.6 Å². The molecule has 1 saturated heterocycles. The Bertz CT molecular complexity index is 663. The Morgan fingerprint density at radius 3 is 2.92 bits per heavy atom. The third-order valence-corrected chi connectivity index (χ3v) is 5.57. The summed E-state index contributed by atoms with van der Waals surface area (Å²) < 4.78 is 45.5. The smallest absolute Gasteiger partial charge is 0.165 e. The van der Waals surface area contributed by atoms with Crippen molar-refractivity contribution >= 4 is 5.78 Å². The first-order valence-electron chi connectivity index (χ1n) is 9.34. The molecule has 1 unspecified atom stereocenters. The number of hydrogen-bond acceptors (Lipinski definition) is 4. The average molecular weight is 368 g/mol. The van der Waals surface area contributed by atoms with Gasteiger partial charge in [0.1, 0.15) is 24.0 Å². The third kappa shape index (κ3) is 3.76. The second-order valence-corrected chi connectivity index (χ2v) is 7.30. The van der Waals surface area contributed by atoms with E-state index in [4.69, 9.17) is 14.2 Å². The van der Waals surface area contributed by atoms with Gasteiger partial charge in [-0.15, -0.1) is 0 Å². The van der Waals surface area contributed by atoms with Gasteiger partial charge in [-0.2, -0.15) is 0 Å². The number of halogens is 2. The zero-order chi connectivity index (χ0) is 18.7. The molecule has 1 saturated carbocycles. The number of carbonyl (C=O) groups is 1. The lowest BCUT2D eigenvalue weighted by Gasteiger charge is -2.40. The minimum Gasteiger partial charge on any atom is -0.490 e.